The molecule has 82 valence electrons. The van der Waals surface area contributed by atoms with E-state index in [9.17, 15) is 0 Å². The molecule has 1 aromatic carbocycles. The highest BCUT2D eigenvalue weighted by Crippen LogP contribution is 2.22. The molecule has 0 aromatic heterocycles. The Kier molecular flexibility index (Phi) is 4.27. The average molecular weight is 239 g/mol. The minimum atomic E-state index is 0.680. The molecule has 1 aliphatic heterocycles. The Hall–Kier alpha value is -0.280. The fraction of sp³-hybridized carbons (Fsp3) is 0.500. The summed E-state index contributed by atoms with van der Waals surface area (Å²) < 4.78 is 0. The summed E-state index contributed by atoms with van der Waals surface area (Å²) in [5.74, 6) is 3.67. The van der Waals surface area contributed by atoms with Crippen molar-refractivity contribution in [3.05, 3.63) is 29.8 Å². The number of nitrogens with one attached hydrogen (secondary N) is 1. The van der Waals surface area contributed by atoms with Crippen molar-refractivity contribution in [1.82, 2.24) is 0 Å². The van der Waals surface area contributed by atoms with Gasteiger partial charge in [0.05, 0.1) is 0 Å². The van der Waals surface area contributed by atoms with E-state index in [1.807, 2.05) is 23.5 Å². The van der Waals surface area contributed by atoms with Gasteiger partial charge in [0.15, 0.2) is 0 Å². The van der Waals surface area contributed by atoms with E-state index < -0.39 is 0 Å². The van der Waals surface area contributed by atoms with Crippen LogP contribution < -0.4 is 5.32 Å². The first kappa shape index (κ1) is 11.2. The number of benzene rings is 1. The van der Waals surface area contributed by atoms with Crippen LogP contribution in [0.2, 0.25) is 0 Å². The zero-order valence-electron chi connectivity index (χ0n) is 9.03. The molecule has 1 atom stereocenters. The lowest BCUT2D eigenvalue weighted by molar-refractivity contribution is 0.813. The number of hydrogen-bond acceptors (Lipinski definition) is 3. The van der Waals surface area contributed by atoms with Crippen LogP contribution in [0.4, 0.5) is 5.69 Å². The fourth-order valence-electron chi connectivity index (χ4n) is 1.80. The molecule has 0 amide bonds. The molecular formula is C12H17NS2. The van der Waals surface area contributed by atoms with E-state index in [0.29, 0.717) is 6.04 Å². The van der Waals surface area contributed by atoms with Gasteiger partial charge >= 0.3 is 0 Å². The summed E-state index contributed by atoms with van der Waals surface area (Å²) in [6.07, 6.45) is 3.45. The Morgan fingerprint density at radius 2 is 2.47 bits per heavy atom. The van der Waals surface area contributed by atoms with Crippen LogP contribution in [0.15, 0.2) is 24.3 Å². The average Bonchev–Trinajstić information content (AvgIpc) is 2.71. The normalized spacial score (nSPS) is 20.5. The molecule has 3 heteroatoms. The maximum atomic E-state index is 3.61. The van der Waals surface area contributed by atoms with Gasteiger partial charge in [0.1, 0.15) is 0 Å². The zero-order valence-corrected chi connectivity index (χ0v) is 10.7. The molecule has 1 nitrogen and oxygen atoms in total. The topological polar surface area (TPSA) is 12.0 Å². The van der Waals surface area contributed by atoms with Crippen molar-refractivity contribution in [1.29, 1.82) is 0 Å². The second kappa shape index (κ2) is 5.71. The fourth-order valence-corrected chi connectivity index (χ4v) is 3.47. The predicted molar refractivity (Wildman–Crippen MR) is 73.0 cm³/mol. The molecule has 15 heavy (non-hydrogen) atoms. The second-order valence-corrected chi connectivity index (χ2v) is 5.85. The highest BCUT2D eigenvalue weighted by Gasteiger charge is 2.14. The molecule has 1 heterocycles. The van der Waals surface area contributed by atoms with Gasteiger partial charge in [-0.3, -0.25) is 0 Å². The van der Waals surface area contributed by atoms with Crippen molar-refractivity contribution in [2.75, 3.05) is 23.1 Å². The summed E-state index contributed by atoms with van der Waals surface area (Å²) in [7, 11) is 0. The SMILES string of the molecule is CSCc1cccc(NC2CCSC2)c1. The smallest absolute Gasteiger partial charge is 0.0359 e. The van der Waals surface area contributed by atoms with Gasteiger partial charge in [0.25, 0.3) is 0 Å². The predicted octanol–water partition coefficient (Wildman–Crippen LogP) is 3.47. The first-order valence-corrected chi connectivity index (χ1v) is 7.85. The zero-order chi connectivity index (χ0) is 10.5. The van der Waals surface area contributed by atoms with E-state index in [-0.39, 0.29) is 0 Å². The van der Waals surface area contributed by atoms with Crippen LogP contribution in [-0.2, 0) is 5.75 Å². The van der Waals surface area contributed by atoms with Crippen LogP contribution in [-0.4, -0.2) is 23.8 Å². The Morgan fingerprint density at radius 3 is 3.20 bits per heavy atom. The van der Waals surface area contributed by atoms with Crippen LogP contribution in [0.3, 0.4) is 0 Å². The van der Waals surface area contributed by atoms with Gasteiger partial charge in [0, 0.05) is 23.2 Å². The van der Waals surface area contributed by atoms with E-state index in [0.717, 1.165) is 5.75 Å². The van der Waals surface area contributed by atoms with Crippen molar-refractivity contribution in [2.24, 2.45) is 0 Å². The van der Waals surface area contributed by atoms with E-state index >= 15 is 0 Å². The third-order valence-corrected chi connectivity index (χ3v) is 4.32. The largest absolute Gasteiger partial charge is 0.381 e. The second-order valence-electron chi connectivity index (χ2n) is 3.84. The van der Waals surface area contributed by atoms with Crippen molar-refractivity contribution in [3.8, 4) is 0 Å². The van der Waals surface area contributed by atoms with Crippen LogP contribution in [0.25, 0.3) is 0 Å². The Balaban J connectivity index is 1.97. The molecule has 0 radical (unpaired) electrons. The number of rotatable bonds is 4. The molecule has 2 rings (SSSR count). The van der Waals surface area contributed by atoms with Crippen molar-refractivity contribution >= 4 is 29.2 Å². The van der Waals surface area contributed by atoms with Gasteiger partial charge in [-0.05, 0) is 36.1 Å². The summed E-state index contributed by atoms with van der Waals surface area (Å²) in [5, 5.41) is 3.61. The third kappa shape index (κ3) is 3.35. The van der Waals surface area contributed by atoms with Gasteiger partial charge in [-0.25, -0.2) is 0 Å². The Bertz CT molecular complexity index is 308. The summed E-state index contributed by atoms with van der Waals surface area (Å²) in [6.45, 7) is 0. The highest BCUT2D eigenvalue weighted by atomic mass is 32.2. The minimum Gasteiger partial charge on any atom is -0.381 e. The molecule has 0 spiro atoms. The highest BCUT2D eigenvalue weighted by molar-refractivity contribution is 7.99. The van der Waals surface area contributed by atoms with Gasteiger partial charge in [-0.2, -0.15) is 23.5 Å². The van der Waals surface area contributed by atoms with Crippen LogP contribution in [0.5, 0.6) is 0 Å². The summed E-state index contributed by atoms with van der Waals surface area (Å²) in [5.41, 5.74) is 2.70. The summed E-state index contributed by atoms with van der Waals surface area (Å²) in [6, 6.07) is 9.48. The molecule has 0 aliphatic carbocycles. The number of thioether (sulfide) groups is 2. The maximum Gasteiger partial charge on any atom is 0.0359 e. The molecule has 0 bridgehead atoms. The molecule has 1 aromatic rings. The lowest BCUT2D eigenvalue weighted by atomic mass is 10.2. The standard InChI is InChI=1S/C12H17NS2/c1-14-8-10-3-2-4-11(7-10)13-12-5-6-15-9-12/h2-4,7,12-13H,5-6,8-9H2,1H3. The summed E-state index contributed by atoms with van der Waals surface area (Å²) >= 11 is 3.92. The molecular weight excluding hydrogens is 222 g/mol. The molecule has 1 aliphatic rings. The molecule has 1 N–H and O–H groups in total. The van der Waals surface area contributed by atoms with Crippen molar-refractivity contribution in [2.45, 2.75) is 18.2 Å². The minimum absolute atomic E-state index is 0.680. The van der Waals surface area contributed by atoms with Crippen LogP contribution in [0, 0.1) is 0 Å². The lowest BCUT2D eigenvalue weighted by Gasteiger charge is -2.13. The van der Waals surface area contributed by atoms with E-state index in [1.54, 1.807) is 0 Å². The van der Waals surface area contributed by atoms with Gasteiger partial charge in [0.2, 0.25) is 0 Å². The van der Waals surface area contributed by atoms with Crippen molar-refractivity contribution < 1.29 is 0 Å². The number of anilines is 1. The van der Waals surface area contributed by atoms with Crippen LogP contribution in [0.1, 0.15) is 12.0 Å². The first-order chi connectivity index (χ1) is 7.38. The third-order valence-electron chi connectivity index (χ3n) is 2.54. The Morgan fingerprint density at radius 1 is 1.53 bits per heavy atom. The quantitative estimate of drug-likeness (QED) is 0.864. The molecule has 1 unspecified atom stereocenters. The van der Waals surface area contributed by atoms with E-state index in [4.69, 9.17) is 0 Å². The van der Waals surface area contributed by atoms with Crippen molar-refractivity contribution in [3.63, 3.8) is 0 Å². The van der Waals surface area contributed by atoms with Gasteiger partial charge in [-0.15, -0.1) is 0 Å². The molecule has 0 saturated carbocycles. The number of hydrogen-bond donors (Lipinski definition) is 1. The maximum absolute atomic E-state index is 3.61. The Labute approximate surface area is 100 Å². The molecule has 1 fully saturated rings. The monoisotopic (exact) mass is 239 g/mol. The van der Waals surface area contributed by atoms with Crippen LogP contribution >= 0.6 is 23.5 Å². The first-order valence-electron chi connectivity index (χ1n) is 5.30. The van der Waals surface area contributed by atoms with E-state index in [2.05, 4.69) is 35.8 Å². The molecule has 1 saturated heterocycles. The lowest BCUT2D eigenvalue weighted by Crippen LogP contribution is -2.17. The van der Waals surface area contributed by atoms with E-state index in [1.165, 1.54) is 29.2 Å². The summed E-state index contributed by atoms with van der Waals surface area (Å²) in [4.78, 5) is 0. The van der Waals surface area contributed by atoms with Gasteiger partial charge in [-0.1, -0.05) is 12.1 Å². The van der Waals surface area contributed by atoms with Gasteiger partial charge < -0.3 is 5.32 Å².